The molecule has 0 aromatic carbocycles. The number of fused-ring (bicyclic) bond motifs is 4. The van der Waals surface area contributed by atoms with E-state index in [1.165, 1.54) is 43.8 Å². The Hall–Kier alpha value is -1.38. The van der Waals surface area contributed by atoms with Gasteiger partial charge in [-0.3, -0.25) is 9.59 Å². The summed E-state index contributed by atoms with van der Waals surface area (Å²) in [6.45, 7) is 18.0. The molecular weight excluding hydrogens is 432 g/mol. The van der Waals surface area contributed by atoms with Crippen LogP contribution >= 0.6 is 0 Å². The van der Waals surface area contributed by atoms with E-state index in [0.717, 1.165) is 31.6 Å². The van der Waals surface area contributed by atoms with Gasteiger partial charge in [0.2, 0.25) is 0 Å². The van der Waals surface area contributed by atoms with E-state index in [2.05, 4.69) is 60.6 Å². The minimum absolute atomic E-state index is 0.00943. The SMILES string of the molecule is CC(=O)O[C@H]1CCC2=CC3=CC[C@]4(C)[C@@H]([C@H](C)CCCC(C)C)CC[C@@]4(C)[C@@H]3C(=O)C[C@H]2C1(C)C. The number of ether oxygens (including phenoxy) is 1. The highest BCUT2D eigenvalue weighted by atomic mass is 16.5. The second-order valence-corrected chi connectivity index (χ2v) is 14.0. The van der Waals surface area contributed by atoms with Crippen molar-refractivity contribution < 1.29 is 14.3 Å². The molecule has 0 unspecified atom stereocenters. The maximum absolute atomic E-state index is 14.2. The van der Waals surface area contributed by atoms with Crippen LogP contribution in [0.1, 0.15) is 113 Å². The van der Waals surface area contributed by atoms with Crippen molar-refractivity contribution in [3.63, 3.8) is 0 Å². The first-order chi connectivity index (χ1) is 16.3. The molecule has 2 fully saturated rings. The fourth-order valence-electron chi connectivity index (χ4n) is 8.86. The van der Waals surface area contributed by atoms with Crippen molar-refractivity contribution in [3.05, 3.63) is 23.3 Å². The Morgan fingerprint density at radius 3 is 2.46 bits per heavy atom. The monoisotopic (exact) mass is 482 g/mol. The van der Waals surface area contributed by atoms with Crippen LogP contribution in [0.4, 0.5) is 0 Å². The number of rotatable bonds is 6. The molecule has 0 aromatic rings. The molecule has 0 bridgehead atoms. The molecule has 35 heavy (non-hydrogen) atoms. The van der Waals surface area contributed by atoms with Crippen molar-refractivity contribution in [1.82, 2.24) is 0 Å². The lowest BCUT2D eigenvalue weighted by atomic mass is 9.51. The first-order valence-electron chi connectivity index (χ1n) is 14.4. The number of carbonyl (C=O) groups is 2. The van der Waals surface area contributed by atoms with Crippen molar-refractivity contribution in [2.24, 2.45) is 45.8 Å². The molecule has 0 radical (unpaired) electrons. The third kappa shape index (κ3) is 4.48. The van der Waals surface area contributed by atoms with Gasteiger partial charge in [0.25, 0.3) is 0 Å². The minimum Gasteiger partial charge on any atom is -0.462 e. The number of allylic oxidation sites excluding steroid dienone is 4. The molecule has 0 aliphatic heterocycles. The molecule has 2 saturated carbocycles. The summed E-state index contributed by atoms with van der Waals surface area (Å²) >= 11 is 0. The van der Waals surface area contributed by atoms with Gasteiger partial charge in [-0.25, -0.2) is 0 Å². The lowest BCUT2D eigenvalue weighted by Crippen LogP contribution is -2.49. The quantitative estimate of drug-likeness (QED) is 0.359. The van der Waals surface area contributed by atoms with Crippen LogP contribution in [0.25, 0.3) is 0 Å². The first kappa shape index (κ1) is 26.7. The second kappa shape index (κ2) is 9.49. The summed E-state index contributed by atoms with van der Waals surface area (Å²) in [5.74, 6) is 2.54. The van der Waals surface area contributed by atoms with Gasteiger partial charge >= 0.3 is 5.97 Å². The standard InChI is InChI=1S/C32H50O3/c1-20(2)10-9-11-21(3)25-15-17-32(8)29-24(14-16-31(25,32)7)18-23-12-13-28(35-22(4)33)30(5,6)26(23)19-27(29)34/h14,18,20-21,25-26,28-29H,9-13,15-17,19H2,1-8H3/t21-,25-,26-,28+,29+,31-,32+/m1/s1. The highest BCUT2D eigenvalue weighted by molar-refractivity contribution is 5.87. The van der Waals surface area contributed by atoms with Gasteiger partial charge in [-0.1, -0.05) is 85.5 Å². The zero-order valence-corrected chi connectivity index (χ0v) is 23.7. The Morgan fingerprint density at radius 2 is 1.80 bits per heavy atom. The van der Waals surface area contributed by atoms with E-state index >= 15 is 0 Å². The van der Waals surface area contributed by atoms with Crippen LogP contribution in [0.5, 0.6) is 0 Å². The summed E-state index contributed by atoms with van der Waals surface area (Å²) in [5, 5.41) is 0. The van der Waals surface area contributed by atoms with E-state index in [9.17, 15) is 9.59 Å². The molecule has 3 heteroatoms. The molecule has 0 N–H and O–H groups in total. The summed E-state index contributed by atoms with van der Waals surface area (Å²) < 4.78 is 5.75. The predicted molar refractivity (Wildman–Crippen MR) is 143 cm³/mol. The Morgan fingerprint density at radius 1 is 1.09 bits per heavy atom. The largest absolute Gasteiger partial charge is 0.462 e. The van der Waals surface area contributed by atoms with E-state index in [-0.39, 0.29) is 40.2 Å². The van der Waals surface area contributed by atoms with Crippen molar-refractivity contribution in [2.75, 3.05) is 0 Å². The van der Waals surface area contributed by atoms with Crippen LogP contribution in [0.15, 0.2) is 23.3 Å². The van der Waals surface area contributed by atoms with Gasteiger partial charge in [0.15, 0.2) is 0 Å². The average Bonchev–Trinajstić information content (AvgIpc) is 2.92. The molecule has 0 spiro atoms. The summed E-state index contributed by atoms with van der Waals surface area (Å²) in [6.07, 6.45) is 14.5. The summed E-state index contributed by atoms with van der Waals surface area (Å²) in [7, 11) is 0. The molecule has 0 heterocycles. The van der Waals surface area contributed by atoms with E-state index in [1.54, 1.807) is 0 Å². The van der Waals surface area contributed by atoms with Crippen LogP contribution in [-0.4, -0.2) is 17.9 Å². The van der Waals surface area contributed by atoms with Gasteiger partial charge in [-0.05, 0) is 72.2 Å². The zero-order chi connectivity index (χ0) is 25.8. The van der Waals surface area contributed by atoms with E-state index in [4.69, 9.17) is 4.74 Å². The normalized spacial score (nSPS) is 39.1. The van der Waals surface area contributed by atoms with Crippen LogP contribution in [0.3, 0.4) is 0 Å². The number of hydrogen-bond donors (Lipinski definition) is 0. The highest BCUT2D eigenvalue weighted by Crippen LogP contribution is 2.68. The van der Waals surface area contributed by atoms with Gasteiger partial charge in [0, 0.05) is 24.7 Å². The molecule has 7 atom stereocenters. The Bertz CT molecular complexity index is 908. The fraction of sp³-hybridized carbons (Fsp3) is 0.812. The van der Waals surface area contributed by atoms with E-state index in [0.29, 0.717) is 24.0 Å². The second-order valence-electron chi connectivity index (χ2n) is 14.0. The topological polar surface area (TPSA) is 43.4 Å². The number of esters is 1. The molecular formula is C32H50O3. The van der Waals surface area contributed by atoms with Gasteiger partial charge < -0.3 is 4.74 Å². The number of ketones is 1. The average molecular weight is 483 g/mol. The minimum atomic E-state index is -0.229. The lowest BCUT2D eigenvalue weighted by Gasteiger charge is -2.52. The third-order valence-electron chi connectivity index (χ3n) is 11.2. The molecule has 0 amide bonds. The van der Waals surface area contributed by atoms with Crippen LogP contribution in [0, 0.1) is 45.8 Å². The fourth-order valence-corrected chi connectivity index (χ4v) is 8.86. The van der Waals surface area contributed by atoms with Crippen molar-refractivity contribution in [2.45, 2.75) is 119 Å². The Labute approximate surface area is 214 Å². The van der Waals surface area contributed by atoms with E-state index < -0.39 is 0 Å². The first-order valence-corrected chi connectivity index (χ1v) is 14.4. The molecule has 3 nitrogen and oxygen atoms in total. The molecule has 0 saturated heterocycles. The summed E-state index contributed by atoms with van der Waals surface area (Å²) in [6, 6.07) is 0. The van der Waals surface area contributed by atoms with Crippen LogP contribution < -0.4 is 0 Å². The van der Waals surface area contributed by atoms with Gasteiger partial charge in [-0.15, -0.1) is 0 Å². The number of Topliss-reactive ketones (excluding diaryl/α,β-unsaturated/α-hetero) is 1. The van der Waals surface area contributed by atoms with Gasteiger partial charge in [-0.2, -0.15) is 0 Å². The molecule has 4 aliphatic carbocycles. The molecule has 196 valence electrons. The predicted octanol–water partition coefficient (Wildman–Crippen LogP) is 8.08. The van der Waals surface area contributed by atoms with Gasteiger partial charge in [0.1, 0.15) is 11.9 Å². The Kier molecular flexibility index (Phi) is 7.23. The van der Waals surface area contributed by atoms with Crippen LogP contribution in [-0.2, 0) is 14.3 Å². The maximum Gasteiger partial charge on any atom is 0.302 e. The number of hydrogen-bond acceptors (Lipinski definition) is 3. The zero-order valence-electron chi connectivity index (χ0n) is 23.7. The van der Waals surface area contributed by atoms with Crippen molar-refractivity contribution in [1.29, 1.82) is 0 Å². The van der Waals surface area contributed by atoms with Gasteiger partial charge in [0.05, 0.1) is 0 Å². The van der Waals surface area contributed by atoms with E-state index in [1.807, 2.05) is 0 Å². The smallest absolute Gasteiger partial charge is 0.302 e. The van der Waals surface area contributed by atoms with Crippen LogP contribution in [0.2, 0.25) is 0 Å². The third-order valence-corrected chi connectivity index (χ3v) is 11.2. The highest BCUT2D eigenvalue weighted by Gasteiger charge is 2.62. The molecule has 4 aliphatic rings. The Balaban J connectivity index is 1.61. The molecule has 4 rings (SSSR count). The maximum atomic E-state index is 14.2. The lowest BCUT2D eigenvalue weighted by molar-refractivity contribution is -0.157. The number of carbonyl (C=O) groups excluding carboxylic acids is 2. The molecule has 0 aromatic heterocycles. The summed E-state index contributed by atoms with van der Waals surface area (Å²) in [4.78, 5) is 25.9. The summed E-state index contributed by atoms with van der Waals surface area (Å²) in [5.41, 5.74) is 2.67. The van der Waals surface area contributed by atoms with Crippen molar-refractivity contribution >= 4 is 11.8 Å². The van der Waals surface area contributed by atoms with Crippen molar-refractivity contribution in [3.8, 4) is 0 Å².